The lowest BCUT2D eigenvalue weighted by Gasteiger charge is -2.06. The summed E-state index contributed by atoms with van der Waals surface area (Å²) in [7, 11) is 0. The first-order chi connectivity index (χ1) is 12.2. The van der Waals surface area contributed by atoms with Crippen molar-refractivity contribution in [1.29, 1.82) is 0 Å². The van der Waals surface area contributed by atoms with Crippen LogP contribution in [0.5, 0.6) is 0 Å². The Morgan fingerprint density at radius 1 is 1.31 bits per heavy atom. The zero-order chi connectivity index (χ0) is 18.9. The molecule has 0 amide bonds. The summed E-state index contributed by atoms with van der Waals surface area (Å²) in [6.07, 6.45) is -4.47. The number of benzene rings is 1. The quantitative estimate of drug-likeness (QED) is 0.534. The Labute approximate surface area is 147 Å². The number of ether oxygens (including phenoxy) is 1. The van der Waals surface area contributed by atoms with Gasteiger partial charge in [0, 0.05) is 17.0 Å². The Morgan fingerprint density at radius 2 is 2.08 bits per heavy atom. The van der Waals surface area contributed by atoms with Crippen LogP contribution in [0.15, 0.2) is 35.1 Å². The van der Waals surface area contributed by atoms with Crippen molar-refractivity contribution in [3.05, 3.63) is 56.6 Å². The topological polar surface area (TPSA) is 98.1 Å². The van der Waals surface area contributed by atoms with Gasteiger partial charge in [0.25, 0.3) is 11.2 Å². The van der Waals surface area contributed by atoms with E-state index >= 15 is 0 Å². The second-order valence-corrected chi connectivity index (χ2v) is 6.31. The van der Waals surface area contributed by atoms with E-state index in [9.17, 15) is 28.1 Å². The number of hydrogen-bond donors (Lipinski definition) is 1. The van der Waals surface area contributed by atoms with E-state index in [1.807, 2.05) is 0 Å². The van der Waals surface area contributed by atoms with Gasteiger partial charge in [0.15, 0.2) is 0 Å². The third kappa shape index (κ3) is 4.06. The van der Waals surface area contributed by atoms with Crippen LogP contribution in [0.25, 0.3) is 20.7 Å². The second kappa shape index (κ2) is 6.84. The van der Waals surface area contributed by atoms with Gasteiger partial charge >= 0.3 is 6.18 Å². The Kier molecular flexibility index (Phi) is 4.74. The minimum atomic E-state index is -4.47. The number of non-ortho nitro benzene ring substituents is 1. The van der Waals surface area contributed by atoms with E-state index in [1.54, 1.807) is 12.1 Å². The number of nitro groups is 1. The highest BCUT2D eigenvalue weighted by molar-refractivity contribution is 7.22. The van der Waals surface area contributed by atoms with Gasteiger partial charge in [0.1, 0.15) is 23.7 Å². The summed E-state index contributed by atoms with van der Waals surface area (Å²) in [6, 6.07) is 7.44. The molecule has 11 heteroatoms. The predicted octanol–water partition coefficient (Wildman–Crippen LogP) is 3.64. The molecule has 0 saturated carbocycles. The average molecular weight is 385 g/mol. The largest absolute Gasteiger partial charge is 0.411 e. The molecule has 1 N–H and O–H groups in total. The van der Waals surface area contributed by atoms with Crippen LogP contribution < -0.4 is 5.56 Å². The molecule has 0 aliphatic heterocycles. The first-order valence-corrected chi connectivity index (χ1v) is 7.96. The van der Waals surface area contributed by atoms with Crippen molar-refractivity contribution in [1.82, 2.24) is 9.97 Å². The number of aromatic nitrogens is 2. The minimum Gasteiger partial charge on any atom is -0.364 e. The van der Waals surface area contributed by atoms with Crippen LogP contribution in [0.3, 0.4) is 0 Å². The summed E-state index contributed by atoms with van der Waals surface area (Å²) < 4.78 is 41.1. The third-order valence-electron chi connectivity index (χ3n) is 3.28. The van der Waals surface area contributed by atoms with Gasteiger partial charge in [-0.2, -0.15) is 13.2 Å². The smallest absolute Gasteiger partial charge is 0.364 e. The van der Waals surface area contributed by atoms with Crippen molar-refractivity contribution in [3.8, 4) is 10.4 Å². The maximum absolute atomic E-state index is 12.1. The van der Waals surface area contributed by atoms with Gasteiger partial charge in [-0.15, -0.1) is 11.3 Å². The van der Waals surface area contributed by atoms with Crippen molar-refractivity contribution in [2.45, 2.75) is 12.8 Å². The number of nitrogens with one attached hydrogen (secondary N) is 1. The van der Waals surface area contributed by atoms with E-state index in [1.165, 1.54) is 18.2 Å². The number of hydrogen-bond acceptors (Lipinski definition) is 6. The first-order valence-electron chi connectivity index (χ1n) is 7.15. The highest BCUT2D eigenvalue weighted by Gasteiger charge is 2.27. The molecule has 0 saturated heterocycles. The summed E-state index contributed by atoms with van der Waals surface area (Å²) in [5.41, 5.74) is 0.215. The van der Waals surface area contributed by atoms with Gasteiger partial charge in [-0.3, -0.25) is 14.9 Å². The van der Waals surface area contributed by atoms with E-state index in [-0.39, 0.29) is 21.7 Å². The molecule has 0 fully saturated rings. The molecule has 0 aliphatic carbocycles. The van der Waals surface area contributed by atoms with Crippen LogP contribution in [0.1, 0.15) is 5.82 Å². The first kappa shape index (κ1) is 18.0. The Hall–Kier alpha value is -2.79. The fourth-order valence-corrected chi connectivity index (χ4v) is 3.22. The Balaban J connectivity index is 1.91. The average Bonchev–Trinajstić information content (AvgIpc) is 2.98. The molecule has 7 nitrogen and oxygen atoms in total. The standard InChI is InChI=1S/C15H10F3N3O4S/c16-15(17,18)7-25-6-12-19-10-5-11(26-13(10)14(22)20-12)8-2-1-3-9(4-8)21(23)24/h1-5H,6-7H2,(H,19,20,22). The lowest BCUT2D eigenvalue weighted by Crippen LogP contribution is -2.18. The Bertz CT molecular complexity index is 1030. The fraction of sp³-hybridized carbons (Fsp3) is 0.200. The van der Waals surface area contributed by atoms with Crippen molar-refractivity contribution >= 4 is 27.2 Å². The molecule has 136 valence electrons. The molecule has 0 spiro atoms. The van der Waals surface area contributed by atoms with Gasteiger partial charge in [0.05, 0.1) is 10.4 Å². The second-order valence-electron chi connectivity index (χ2n) is 5.25. The number of thiophene rings is 1. The minimum absolute atomic E-state index is 0.0323. The molecular formula is C15H10F3N3O4S. The van der Waals surface area contributed by atoms with Gasteiger partial charge in [-0.05, 0) is 11.6 Å². The number of H-pyrrole nitrogens is 1. The zero-order valence-electron chi connectivity index (χ0n) is 12.9. The van der Waals surface area contributed by atoms with Crippen molar-refractivity contribution < 1.29 is 22.8 Å². The van der Waals surface area contributed by atoms with Crippen LogP contribution in [-0.2, 0) is 11.3 Å². The van der Waals surface area contributed by atoms with Crippen LogP contribution in [-0.4, -0.2) is 27.7 Å². The molecule has 0 atom stereocenters. The summed E-state index contributed by atoms with van der Waals surface area (Å²) >= 11 is 1.08. The molecule has 0 radical (unpaired) electrons. The number of fused-ring (bicyclic) bond motifs is 1. The van der Waals surface area contributed by atoms with Crippen molar-refractivity contribution in [3.63, 3.8) is 0 Å². The van der Waals surface area contributed by atoms with Crippen molar-refractivity contribution in [2.75, 3.05) is 6.61 Å². The van der Waals surface area contributed by atoms with Crippen molar-refractivity contribution in [2.24, 2.45) is 0 Å². The molecule has 3 aromatic rings. The predicted molar refractivity (Wildman–Crippen MR) is 88.0 cm³/mol. The van der Waals surface area contributed by atoms with E-state index in [2.05, 4.69) is 14.7 Å². The van der Waals surface area contributed by atoms with Gasteiger partial charge in [-0.1, -0.05) is 12.1 Å². The van der Waals surface area contributed by atoms with Crippen LogP contribution in [0, 0.1) is 10.1 Å². The number of nitro benzene ring substituents is 1. The molecule has 2 heterocycles. The van der Waals surface area contributed by atoms with Crippen LogP contribution in [0.2, 0.25) is 0 Å². The van der Waals surface area contributed by atoms with Gasteiger partial charge in [0.2, 0.25) is 0 Å². The molecule has 0 bridgehead atoms. The normalized spacial score (nSPS) is 11.8. The summed E-state index contributed by atoms with van der Waals surface area (Å²) in [6.45, 7) is -1.94. The molecule has 26 heavy (non-hydrogen) atoms. The molecular weight excluding hydrogens is 375 g/mol. The maximum Gasteiger partial charge on any atom is 0.411 e. The number of alkyl halides is 3. The number of halogens is 3. The fourth-order valence-electron chi connectivity index (χ4n) is 2.24. The Morgan fingerprint density at radius 3 is 2.77 bits per heavy atom. The molecule has 3 rings (SSSR count). The van der Waals surface area contributed by atoms with E-state index in [0.29, 0.717) is 10.4 Å². The molecule has 0 unspecified atom stereocenters. The van der Waals surface area contributed by atoms with Crippen LogP contribution >= 0.6 is 11.3 Å². The van der Waals surface area contributed by atoms with Gasteiger partial charge < -0.3 is 9.72 Å². The van der Waals surface area contributed by atoms with Gasteiger partial charge in [-0.25, -0.2) is 4.98 Å². The SMILES string of the molecule is O=c1[nH]c(COCC(F)(F)F)nc2cc(-c3cccc([N+](=O)[O-])c3)sc12. The third-order valence-corrected chi connectivity index (χ3v) is 4.45. The number of rotatable bonds is 5. The van der Waals surface area contributed by atoms with E-state index < -0.39 is 29.9 Å². The summed E-state index contributed by atoms with van der Waals surface area (Å²) in [5, 5.41) is 10.9. The number of nitrogens with zero attached hydrogens (tertiary/aromatic N) is 2. The van der Waals surface area contributed by atoms with E-state index in [4.69, 9.17) is 0 Å². The highest BCUT2D eigenvalue weighted by atomic mass is 32.1. The molecule has 2 aromatic heterocycles. The lowest BCUT2D eigenvalue weighted by atomic mass is 10.1. The maximum atomic E-state index is 12.1. The zero-order valence-corrected chi connectivity index (χ0v) is 13.7. The monoisotopic (exact) mass is 385 g/mol. The van der Waals surface area contributed by atoms with Crippen LogP contribution in [0.4, 0.5) is 18.9 Å². The van der Waals surface area contributed by atoms with E-state index in [0.717, 1.165) is 11.3 Å². The molecule has 1 aromatic carbocycles. The lowest BCUT2D eigenvalue weighted by molar-refractivity contribution is -0.384. The molecule has 0 aliphatic rings. The highest BCUT2D eigenvalue weighted by Crippen LogP contribution is 2.32. The summed E-state index contributed by atoms with van der Waals surface area (Å²) in [5.74, 6) is -0.0323. The summed E-state index contributed by atoms with van der Waals surface area (Å²) in [4.78, 5) is 29.5. The number of aromatic amines is 1.